The second-order valence-corrected chi connectivity index (χ2v) is 6.11. The number of amides is 1. The first-order chi connectivity index (χ1) is 11.5. The molecule has 1 N–H and O–H groups in total. The SMILES string of the molecule is O=C(O)CC1CCN(C(=O)CCn2nc3ccccn3c2=O)CC1. The number of fused-ring (bicyclic) bond motifs is 1. The Morgan fingerprint density at radius 2 is 2.00 bits per heavy atom. The van der Waals surface area contributed by atoms with E-state index in [0.29, 0.717) is 31.6 Å². The lowest BCUT2D eigenvalue weighted by atomic mass is 9.93. The van der Waals surface area contributed by atoms with Crippen LogP contribution in [0.3, 0.4) is 0 Å². The van der Waals surface area contributed by atoms with E-state index in [1.54, 1.807) is 29.3 Å². The second-order valence-electron chi connectivity index (χ2n) is 6.11. The molecule has 0 aromatic carbocycles. The molecular weight excluding hydrogens is 312 g/mol. The first-order valence-corrected chi connectivity index (χ1v) is 8.08. The summed E-state index contributed by atoms with van der Waals surface area (Å²) in [4.78, 5) is 36.9. The van der Waals surface area contributed by atoms with Crippen molar-refractivity contribution < 1.29 is 14.7 Å². The Kier molecular flexibility index (Phi) is 4.64. The molecule has 1 saturated heterocycles. The number of hydrogen-bond donors (Lipinski definition) is 1. The zero-order valence-corrected chi connectivity index (χ0v) is 13.3. The first-order valence-electron chi connectivity index (χ1n) is 8.08. The van der Waals surface area contributed by atoms with Crippen molar-refractivity contribution in [1.82, 2.24) is 19.1 Å². The summed E-state index contributed by atoms with van der Waals surface area (Å²) >= 11 is 0. The Morgan fingerprint density at radius 3 is 2.67 bits per heavy atom. The van der Waals surface area contributed by atoms with Crippen molar-refractivity contribution in [3.63, 3.8) is 0 Å². The number of aliphatic carboxylic acids is 1. The van der Waals surface area contributed by atoms with Crippen molar-refractivity contribution in [2.45, 2.75) is 32.2 Å². The predicted octanol–water partition coefficient (Wildman–Crippen LogP) is 0.599. The summed E-state index contributed by atoms with van der Waals surface area (Å²) in [5.74, 6) is -0.661. The zero-order chi connectivity index (χ0) is 17.1. The molecule has 3 heterocycles. The van der Waals surface area contributed by atoms with Crippen LogP contribution < -0.4 is 5.69 Å². The Morgan fingerprint density at radius 1 is 1.25 bits per heavy atom. The smallest absolute Gasteiger partial charge is 0.350 e. The molecule has 8 nitrogen and oxygen atoms in total. The maximum Gasteiger partial charge on any atom is 0.350 e. The van der Waals surface area contributed by atoms with Gasteiger partial charge in [0.1, 0.15) is 0 Å². The number of pyridine rings is 1. The molecule has 0 atom stereocenters. The van der Waals surface area contributed by atoms with Crippen LogP contribution in [0, 0.1) is 5.92 Å². The van der Waals surface area contributed by atoms with Crippen LogP contribution in [0.5, 0.6) is 0 Å². The van der Waals surface area contributed by atoms with Gasteiger partial charge in [0.05, 0.1) is 6.54 Å². The number of aryl methyl sites for hydroxylation is 1. The van der Waals surface area contributed by atoms with Gasteiger partial charge in [-0.05, 0) is 30.9 Å². The molecule has 1 fully saturated rings. The number of carbonyl (C=O) groups excluding carboxylic acids is 1. The average Bonchev–Trinajstić information content (AvgIpc) is 2.89. The van der Waals surface area contributed by atoms with E-state index in [0.717, 1.165) is 0 Å². The largest absolute Gasteiger partial charge is 0.481 e. The van der Waals surface area contributed by atoms with Crippen molar-refractivity contribution >= 4 is 17.5 Å². The number of carbonyl (C=O) groups is 2. The van der Waals surface area contributed by atoms with Gasteiger partial charge in [-0.25, -0.2) is 9.48 Å². The lowest BCUT2D eigenvalue weighted by Gasteiger charge is -2.31. The number of hydrogen-bond acceptors (Lipinski definition) is 4. The highest BCUT2D eigenvalue weighted by Crippen LogP contribution is 2.20. The standard InChI is InChI=1S/C16H20N4O4/c21-14(18-8-4-12(5-9-18)11-15(22)23)6-10-20-16(24)19-7-2-1-3-13(19)17-20/h1-3,7,12H,4-6,8-11H2,(H,22,23). The van der Waals surface area contributed by atoms with Gasteiger partial charge in [-0.2, -0.15) is 0 Å². The van der Waals surface area contributed by atoms with E-state index in [1.165, 1.54) is 9.08 Å². The van der Waals surface area contributed by atoms with Crippen molar-refractivity contribution in [2.75, 3.05) is 13.1 Å². The molecular formula is C16H20N4O4. The molecule has 0 bridgehead atoms. The second kappa shape index (κ2) is 6.86. The molecule has 1 amide bonds. The van der Waals surface area contributed by atoms with Gasteiger partial charge >= 0.3 is 11.7 Å². The van der Waals surface area contributed by atoms with Crippen LogP contribution in [0.15, 0.2) is 29.2 Å². The zero-order valence-electron chi connectivity index (χ0n) is 13.3. The Hall–Kier alpha value is -2.64. The van der Waals surface area contributed by atoms with Crippen LogP contribution in [0.1, 0.15) is 25.7 Å². The molecule has 1 aliphatic rings. The molecule has 8 heteroatoms. The molecule has 0 aliphatic carbocycles. The fourth-order valence-electron chi connectivity index (χ4n) is 3.11. The Balaban J connectivity index is 1.55. The third-order valence-corrected chi connectivity index (χ3v) is 4.46. The highest BCUT2D eigenvalue weighted by atomic mass is 16.4. The summed E-state index contributed by atoms with van der Waals surface area (Å²) in [7, 11) is 0. The van der Waals surface area contributed by atoms with Crippen LogP contribution in [-0.4, -0.2) is 49.2 Å². The van der Waals surface area contributed by atoms with Gasteiger partial charge in [0.15, 0.2) is 5.65 Å². The van der Waals surface area contributed by atoms with Gasteiger partial charge in [-0.15, -0.1) is 5.10 Å². The van der Waals surface area contributed by atoms with Crippen molar-refractivity contribution in [3.8, 4) is 0 Å². The summed E-state index contributed by atoms with van der Waals surface area (Å²) in [5, 5.41) is 13.0. The average molecular weight is 332 g/mol. The van der Waals surface area contributed by atoms with Gasteiger partial charge < -0.3 is 10.0 Å². The fraction of sp³-hybridized carbons (Fsp3) is 0.500. The maximum atomic E-state index is 12.3. The number of piperidine rings is 1. The number of carboxylic acids is 1. The number of rotatable bonds is 5. The summed E-state index contributed by atoms with van der Waals surface area (Å²) in [6.07, 6.45) is 3.46. The summed E-state index contributed by atoms with van der Waals surface area (Å²) in [5.41, 5.74) is 0.308. The van der Waals surface area contributed by atoms with Crippen LogP contribution in [0.4, 0.5) is 0 Å². The molecule has 0 radical (unpaired) electrons. The number of nitrogens with zero attached hydrogens (tertiary/aromatic N) is 4. The third kappa shape index (κ3) is 3.47. The van der Waals surface area contributed by atoms with Crippen LogP contribution in [0.2, 0.25) is 0 Å². The van der Waals surface area contributed by atoms with Gasteiger partial charge in [0, 0.05) is 32.1 Å². The number of aromatic nitrogens is 3. The van der Waals surface area contributed by atoms with Crippen LogP contribution in [-0.2, 0) is 16.1 Å². The van der Waals surface area contributed by atoms with Gasteiger partial charge in [0.2, 0.25) is 5.91 Å². The highest BCUT2D eigenvalue weighted by Gasteiger charge is 2.24. The van der Waals surface area contributed by atoms with Crippen molar-refractivity contribution in [1.29, 1.82) is 0 Å². The van der Waals surface area contributed by atoms with Gasteiger partial charge in [0.25, 0.3) is 0 Å². The third-order valence-electron chi connectivity index (χ3n) is 4.46. The van der Waals surface area contributed by atoms with E-state index in [2.05, 4.69) is 5.10 Å². The number of likely N-dealkylation sites (tertiary alicyclic amines) is 1. The van der Waals surface area contributed by atoms with E-state index in [1.807, 2.05) is 0 Å². The Bertz CT molecular complexity index is 802. The van der Waals surface area contributed by atoms with E-state index in [9.17, 15) is 14.4 Å². The molecule has 24 heavy (non-hydrogen) atoms. The molecule has 0 spiro atoms. The molecule has 2 aromatic rings. The summed E-state index contributed by atoms with van der Waals surface area (Å²) in [6, 6.07) is 5.30. The minimum absolute atomic E-state index is 0.0206. The summed E-state index contributed by atoms with van der Waals surface area (Å²) < 4.78 is 2.76. The quantitative estimate of drug-likeness (QED) is 0.865. The van der Waals surface area contributed by atoms with Crippen LogP contribution in [0.25, 0.3) is 5.65 Å². The highest BCUT2D eigenvalue weighted by molar-refractivity contribution is 5.76. The molecule has 128 valence electrons. The first kappa shape index (κ1) is 16.2. The molecule has 1 aliphatic heterocycles. The fourth-order valence-corrected chi connectivity index (χ4v) is 3.11. The van der Waals surface area contributed by atoms with Gasteiger partial charge in [-0.1, -0.05) is 6.07 Å². The molecule has 2 aromatic heterocycles. The van der Waals surface area contributed by atoms with Crippen molar-refractivity contribution in [3.05, 3.63) is 34.9 Å². The van der Waals surface area contributed by atoms with E-state index >= 15 is 0 Å². The monoisotopic (exact) mass is 332 g/mol. The minimum Gasteiger partial charge on any atom is -0.481 e. The van der Waals surface area contributed by atoms with Gasteiger partial charge in [-0.3, -0.25) is 14.0 Å². The van der Waals surface area contributed by atoms with Crippen LogP contribution >= 0.6 is 0 Å². The van der Waals surface area contributed by atoms with E-state index < -0.39 is 5.97 Å². The van der Waals surface area contributed by atoms with E-state index in [4.69, 9.17) is 5.11 Å². The van der Waals surface area contributed by atoms with Crippen molar-refractivity contribution in [2.24, 2.45) is 5.92 Å². The maximum absolute atomic E-state index is 12.3. The Labute approximate surface area is 138 Å². The minimum atomic E-state index is -0.786. The molecule has 3 rings (SSSR count). The molecule has 0 unspecified atom stereocenters. The normalized spacial score (nSPS) is 15.8. The summed E-state index contributed by atoms with van der Waals surface area (Å²) in [6.45, 7) is 1.40. The van der Waals surface area contributed by atoms with E-state index in [-0.39, 0.29) is 36.9 Å². The lowest BCUT2D eigenvalue weighted by Crippen LogP contribution is -2.39. The predicted molar refractivity (Wildman–Crippen MR) is 85.6 cm³/mol. The number of carboxylic acid groups (broad SMARTS) is 1. The lowest BCUT2D eigenvalue weighted by molar-refractivity contribution is -0.138. The topological polar surface area (TPSA) is 96.9 Å². The molecule has 0 saturated carbocycles.